The molecule has 0 bridgehead atoms. The number of benzene rings is 3. The van der Waals surface area contributed by atoms with Gasteiger partial charge in [0.15, 0.2) is 5.60 Å². The fraction of sp³-hybridized carbons (Fsp3) is 0.0500. The van der Waals surface area contributed by atoms with Crippen molar-refractivity contribution in [3.05, 3.63) is 91.9 Å². The third kappa shape index (κ3) is 1.99. The minimum absolute atomic E-state index is 0.319. The molecule has 0 N–H and O–H groups in total. The lowest BCUT2D eigenvalue weighted by atomic mass is 9.78. The number of esters is 1. The summed E-state index contributed by atoms with van der Waals surface area (Å²) in [5, 5.41) is 0. The van der Waals surface area contributed by atoms with E-state index >= 15 is 0 Å². The van der Waals surface area contributed by atoms with Crippen LogP contribution in [0.15, 0.2) is 69.6 Å². The highest BCUT2D eigenvalue weighted by atomic mass is 79.9. The van der Waals surface area contributed by atoms with Gasteiger partial charge < -0.3 is 9.47 Å². The van der Waals surface area contributed by atoms with Gasteiger partial charge in [0, 0.05) is 25.6 Å². The van der Waals surface area contributed by atoms with E-state index in [9.17, 15) is 4.79 Å². The Morgan fingerprint density at radius 3 is 2.00 bits per heavy atom. The average molecular weight is 458 g/mol. The van der Waals surface area contributed by atoms with Crippen LogP contribution in [-0.2, 0) is 10.3 Å². The smallest absolute Gasteiger partial charge is 0.340 e. The second-order valence-electron chi connectivity index (χ2n) is 6.00. The molecule has 0 aromatic heterocycles. The second kappa shape index (κ2) is 5.19. The number of hydrogen-bond acceptors (Lipinski definition) is 3. The summed E-state index contributed by atoms with van der Waals surface area (Å²) in [7, 11) is 0. The highest BCUT2D eigenvalue weighted by molar-refractivity contribution is 9.10. The first kappa shape index (κ1) is 15.2. The van der Waals surface area contributed by atoms with Gasteiger partial charge >= 0.3 is 5.97 Å². The van der Waals surface area contributed by atoms with Crippen LogP contribution in [0.5, 0.6) is 11.5 Å². The lowest BCUT2D eigenvalue weighted by Crippen LogP contribution is -2.32. The molecule has 0 fully saturated rings. The van der Waals surface area contributed by atoms with Crippen molar-refractivity contribution in [1.82, 2.24) is 0 Å². The molecular weight excluding hydrogens is 448 g/mol. The molecule has 3 aromatic carbocycles. The number of carbonyl (C=O) groups is 1. The second-order valence-corrected chi connectivity index (χ2v) is 7.83. The minimum Gasteiger partial charge on any atom is -0.456 e. The van der Waals surface area contributed by atoms with E-state index in [1.807, 2.05) is 54.6 Å². The first-order valence-corrected chi connectivity index (χ1v) is 9.29. The van der Waals surface area contributed by atoms with Crippen LogP contribution in [-0.4, -0.2) is 5.97 Å². The molecule has 25 heavy (non-hydrogen) atoms. The van der Waals surface area contributed by atoms with Gasteiger partial charge in [0.25, 0.3) is 0 Å². The molecule has 1 spiro atoms. The van der Waals surface area contributed by atoms with E-state index in [2.05, 4.69) is 31.9 Å². The van der Waals surface area contributed by atoms with Crippen LogP contribution in [0.1, 0.15) is 27.0 Å². The molecular formula is C20H10Br2O3. The SMILES string of the molecule is O=C1OC2(c3ccc(Br)cc3Oc3cc(Br)ccc32)c2ccccc21. The lowest BCUT2D eigenvalue weighted by Gasteiger charge is -2.36. The summed E-state index contributed by atoms with van der Waals surface area (Å²) in [5.41, 5.74) is 2.09. The topological polar surface area (TPSA) is 35.5 Å². The van der Waals surface area contributed by atoms with Crippen LogP contribution in [0, 0.1) is 0 Å². The van der Waals surface area contributed by atoms with E-state index in [1.165, 1.54) is 0 Å². The average Bonchev–Trinajstić information content (AvgIpc) is 2.88. The van der Waals surface area contributed by atoms with Gasteiger partial charge in [-0.2, -0.15) is 0 Å². The molecule has 0 amide bonds. The number of hydrogen-bond donors (Lipinski definition) is 0. The molecule has 0 unspecified atom stereocenters. The maximum absolute atomic E-state index is 12.6. The molecule has 2 aliphatic rings. The van der Waals surface area contributed by atoms with Crippen LogP contribution in [0.2, 0.25) is 0 Å². The Kier molecular flexibility index (Phi) is 3.15. The van der Waals surface area contributed by atoms with Crippen molar-refractivity contribution >= 4 is 37.8 Å². The fourth-order valence-corrected chi connectivity index (χ4v) is 4.30. The molecule has 2 heterocycles. The zero-order chi connectivity index (χ0) is 17.2. The molecule has 5 heteroatoms. The molecule has 0 saturated heterocycles. The molecule has 0 saturated carbocycles. The maximum Gasteiger partial charge on any atom is 0.340 e. The number of ether oxygens (including phenoxy) is 2. The van der Waals surface area contributed by atoms with Gasteiger partial charge in [-0.15, -0.1) is 0 Å². The summed E-state index contributed by atoms with van der Waals surface area (Å²) in [6.07, 6.45) is 0. The van der Waals surface area contributed by atoms with Crippen LogP contribution in [0.25, 0.3) is 0 Å². The van der Waals surface area contributed by atoms with Gasteiger partial charge in [0.2, 0.25) is 0 Å². The molecule has 0 radical (unpaired) electrons. The maximum atomic E-state index is 12.6. The van der Waals surface area contributed by atoms with Crippen molar-refractivity contribution in [3.63, 3.8) is 0 Å². The quantitative estimate of drug-likeness (QED) is 0.401. The number of halogens is 2. The van der Waals surface area contributed by atoms with Gasteiger partial charge in [0.05, 0.1) is 5.56 Å². The van der Waals surface area contributed by atoms with E-state index in [-0.39, 0.29) is 5.97 Å². The molecule has 2 aliphatic heterocycles. The van der Waals surface area contributed by atoms with E-state index in [0.29, 0.717) is 17.1 Å². The predicted octanol–water partition coefficient (Wildman–Crippen LogP) is 5.78. The largest absolute Gasteiger partial charge is 0.456 e. The Bertz CT molecular complexity index is 1010. The van der Waals surface area contributed by atoms with Crippen molar-refractivity contribution in [2.45, 2.75) is 5.60 Å². The van der Waals surface area contributed by atoms with Crippen LogP contribution in [0.3, 0.4) is 0 Å². The zero-order valence-electron chi connectivity index (χ0n) is 12.8. The molecule has 0 aliphatic carbocycles. The Balaban J connectivity index is 1.91. The minimum atomic E-state index is -0.988. The van der Waals surface area contributed by atoms with Crippen LogP contribution < -0.4 is 4.74 Å². The Morgan fingerprint density at radius 1 is 0.760 bits per heavy atom. The molecule has 0 atom stereocenters. The fourth-order valence-electron chi connectivity index (χ4n) is 3.62. The van der Waals surface area contributed by atoms with Crippen molar-refractivity contribution in [2.75, 3.05) is 0 Å². The third-order valence-electron chi connectivity index (χ3n) is 4.64. The van der Waals surface area contributed by atoms with Gasteiger partial charge in [-0.05, 0) is 42.5 Å². The van der Waals surface area contributed by atoms with E-state index in [0.717, 1.165) is 25.6 Å². The lowest BCUT2D eigenvalue weighted by molar-refractivity contribution is 0.0224. The molecule has 3 nitrogen and oxygen atoms in total. The number of rotatable bonds is 0. The van der Waals surface area contributed by atoms with Crippen molar-refractivity contribution in [1.29, 1.82) is 0 Å². The summed E-state index contributed by atoms with van der Waals surface area (Å²) >= 11 is 6.98. The zero-order valence-corrected chi connectivity index (χ0v) is 15.9. The van der Waals surface area contributed by atoms with Gasteiger partial charge in [-0.25, -0.2) is 4.79 Å². The summed E-state index contributed by atoms with van der Waals surface area (Å²) < 4.78 is 14.0. The van der Waals surface area contributed by atoms with E-state index in [1.54, 1.807) is 6.07 Å². The van der Waals surface area contributed by atoms with E-state index < -0.39 is 5.60 Å². The van der Waals surface area contributed by atoms with Gasteiger partial charge in [-0.3, -0.25) is 0 Å². The summed E-state index contributed by atoms with van der Waals surface area (Å²) in [6, 6.07) is 19.1. The van der Waals surface area contributed by atoms with Crippen LogP contribution in [0.4, 0.5) is 0 Å². The number of carbonyl (C=O) groups excluding carboxylic acids is 1. The van der Waals surface area contributed by atoms with Crippen molar-refractivity contribution < 1.29 is 14.3 Å². The first-order valence-electron chi connectivity index (χ1n) is 7.70. The molecule has 5 rings (SSSR count). The van der Waals surface area contributed by atoms with Crippen molar-refractivity contribution in [2.24, 2.45) is 0 Å². The first-order chi connectivity index (χ1) is 12.1. The third-order valence-corrected chi connectivity index (χ3v) is 5.62. The van der Waals surface area contributed by atoms with Gasteiger partial charge in [-0.1, -0.05) is 50.1 Å². The highest BCUT2D eigenvalue weighted by Crippen LogP contribution is 2.56. The number of fused-ring (bicyclic) bond motifs is 6. The normalized spacial score (nSPS) is 15.8. The Hall–Kier alpha value is -2.11. The predicted molar refractivity (Wildman–Crippen MR) is 100 cm³/mol. The molecule has 122 valence electrons. The van der Waals surface area contributed by atoms with Crippen LogP contribution >= 0.6 is 31.9 Å². The van der Waals surface area contributed by atoms with Crippen molar-refractivity contribution in [3.8, 4) is 11.5 Å². The summed E-state index contributed by atoms with van der Waals surface area (Å²) in [4.78, 5) is 12.6. The van der Waals surface area contributed by atoms with Gasteiger partial charge in [0.1, 0.15) is 11.5 Å². The summed E-state index contributed by atoms with van der Waals surface area (Å²) in [6.45, 7) is 0. The van der Waals surface area contributed by atoms with E-state index in [4.69, 9.17) is 9.47 Å². The standard InChI is InChI=1S/C20H10Br2O3/c21-11-5-7-15-17(9-11)24-18-10-12(22)6-8-16(18)20(15)14-4-2-1-3-13(14)19(23)25-20/h1-10H. The molecule has 3 aromatic rings. The Morgan fingerprint density at radius 2 is 1.36 bits per heavy atom. The monoisotopic (exact) mass is 456 g/mol. The highest BCUT2D eigenvalue weighted by Gasteiger charge is 2.53. The summed E-state index contributed by atoms with van der Waals surface area (Å²) in [5.74, 6) is 1.02. The Labute approximate surface area is 160 Å².